The van der Waals surface area contributed by atoms with Crippen LogP contribution in [-0.2, 0) is 11.0 Å². The molecule has 0 bridgehead atoms. The number of anilines is 1. The molecule has 4 heterocycles. The Morgan fingerprint density at radius 2 is 1.74 bits per heavy atom. The molecule has 0 aromatic carbocycles. The van der Waals surface area contributed by atoms with E-state index in [2.05, 4.69) is 25.5 Å². The molecule has 2 aliphatic rings. The van der Waals surface area contributed by atoms with Gasteiger partial charge in [-0.1, -0.05) is 12.8 Å². The zero-order valence-electron chi connectivity index (χ0n) is 17.4. The van der Waals surface area contributed by atoms with Crippen molar-refractivity contribution < 1.29 is 18.0 Å². The van der Waals surface area contributed by atoms with Gasteiger partial charge in [0, 0.05) is 32.1 Å². The van der Waals surface area contributed by atoms with Crippen LogP contribution in [0.5, 0.6) is 0 Å². The van der Waals surface area contributed by atoms with Gasteiger partial charge >= 0.3 is 6.18 Å². The molecule has 1 amide bonds. The fraction of sp³-hybridized carbons (Fsp3) is 0.700. The van der Waals surface area contributed by atoms with Crippen molar-refractivity contribution >= 4 is 17.4 Å². The maximum atomic E-state index is 13.1. The predicted octanol–water partition coefficient (Wildman–Crippen LogP) is 2.35. The van der Waals surface area contributed by atoms with Crippen LogP contribution in [-0.4, -0.2) is 69.9 Å². The maximum absolute atomic E-state index is 13.1. The Labute approximate surface area is 178 Å². The molecule has 2 saturated heterocycles. The van der Waals surface area contributed by atoms with E-state index in [4.69, 9.17) is 0 Å². The zero-order chi connectivity index (χ0) is 21.8. The second-order valence-corrected chi connectivity index (χ2v) is 8.29. The van der Waals surface area contributed by atoms with Crippen molar-refractivity contribution in [2.75, 3.05) is 44.2 Å². The fourth-order valence-electron chi connectivity index (χ4n) is 4.34. The van der Waals surface area contributed by atoms with Crippen LogP contribution in [0.25, 0.3) is 5.65 Å². The number of piperidine rings is 1. The Morgan fingerprint density at radius 3 is 2.42 bits per heavy atom. The molecule has 2 aromatic rings. The summed E-state index contributed by atoms with van der Waals surface area (Å²) in [5.74, 6) is -0.721. The summed E-state index contributed by atoms with van der Waals surface area (Å²) in [6.07, 6.45) is 1.70. The van der Waals surface area contributed by atoms with Crippen molar-refractivity contribution in [2.45, 2.75) is 44.7 Å². The van der Waals surface area contributed by atoms with Crippen LogP contribution < -0.4 is 10.2 Å². The molecule has 8 nitrogen and oxygen atoms in total. The highest BCUT2D eigenvalue weighted by Crippen LogP contribution is 2.28. The third-order valence-corrected chi connectivity index (χ3v) is 6.12. The van der Waals surface area contributed by atoms with Crippen LogP contribution in [0.2, 0.25) is 0 Å². The van der Waals surface area contributed by atoms with Crippen molar-refractivity contribution in [3.8, 4) is 0 Å². The first kappa shape index (κ1) is 21.8. The number of carbonyl (C=O) groups is 1. The lowest BCUT2D eigenvalue weighted by Crippen LogP contribution is -2.43. The lowest BCUT2D eigenvalue weighted by Gasteiger charge is -2.32. The van der Waals surface area contributed by atoms with Crippen molar-refractivity contribution in [3.63, 3.8) is 0 Å². The summed E-state index contributed by atoms with van der Waals surface area (Å²) in [7, 11) is 0. The summed E-state index contributed by atoms with van der Waals surface area (Å²) in [5, 5.41) is 13.9. The number of likely N-dealkylation sites (tertiary alicyclic amines) is 1. The molecule has 11 heteroatoms. The smallest absolute Gasteiger partial charge is 0.355 e. The van der Waals surface area contributed by atoms with Gasteiger partial charge in [0.1, 0.15) is 5.82 Å². The maximum Gasteiger partial charge on any atom is 0.453 e. The Hall–Kier alpha value is -2.43. The third-order valence-electron chi connectivity index (χ3n) is 6.12. The highest BCUT2D eigenvalue weighted by Gasteiger charge is 2.38. The molecule has 4 rings (SSSR count). The number of fused-ring (bicyclic) bond motifs is 1. The van der Waals surface area contributed by atoms with E-state index in [1.165, 1.54) is 31.7 Å². The molecule has 0 spiro atoms. The summed E-state index contributed by atoms with van der Waals surface area (Å²) in [5.41, 5.74) is 0.0507. The molecule has 0 aliphatic carbocycles. The van der Waals surface area contributed by atoms with Crippen LogP contribution in [0.15, 0.2) is 12.1 Å². The van der Waals surface area contributed by atoms with Gasteiger partial charge in [-0.05, 0) is 50.9 Å². The number of halogens is 3. The number of alkyl halides is 3. The number of nitrogens with one attached hydrogen (secondary N) is 1. The molecular formula is C20H28F3N7O. The lowest BCUT2D eigenvalue weighted by molar-refractivity contribution is -0.146. The summed E-state index contributed by atoms with van der Waals surface area (Å²) in [6.45, 7) is 4.88. The molecule has 0 atom stereocenters. The van der Waals surface area contributed by atoms with E-state index < -0.39 is 12.0 Å². The van der Waals surface area contributed by atoms with Gasteiger partial charge in [-0.25, -0.2) is 0 Å². The number of nitrogens with zero attached hydrogens (tertiary/aromatic N) is 6. The van der Waals surface area contributed by atoms with Crippen molar-refractivity contribution in [3.05, 3.63) is 18.0 Å². The Bertz CT molecular complexity index is 885. The molecule has 2 aromatic heterocycles. The van der Waals surface area contributed by atoms with Crippen LogP contribution in [0.3, 0.4) is 0 Å². The Kier molecular flexibility index (Phi) is 6.59. The highest BCUT2D eigenvalue weighted by atomic mass is 19.4. The molecule has 2 fully saturated rings. The number of amides is 1. The average Bonchev–Trinajstić information content (AvgIpc) is 3.02. The zero-order valence-corrected chi connectivity index (χ0v) is 17.4. The quantitative estimate of drug-likeness (QED) is 0.771. The number of rotatable bonds is 5. The normalized spacial score (nSPS) is 19.5. The number of carbonyl (C=O) groups excluding carboxylic acids is 1. The summed E-state index contributed by atoms with van der Waals surface area (Å²) in [6, 6.07) is 3.12. The van der Waals surface area contributed by atoms with E-state index in [1.54, 1.807) is 6.07 Å². The molecule has 2 aliphatic heterocycles. The fourth-order valence-corrected chi connectivity index (χ4v) is 4.34. The minimum absolute atomic E-state index is 0.0507. The Morgan fingerprint density at radius 1 is 1.03 bits per heavy atom. The summed E-state index contributed by atoms with van der Waals surface area (Å²) < 4.78 is 40.0. The van der Waals surface area contributed by atoms with Gasteiger partial charge in [0.05, 0.1) is 0 Å². The summed E-state index contributed by atoms with van der Waals surface area (Å²) in [4.78, 5) is 16.9. The third kappa shape index (κ3) is 5.25. The van der Waals surface area contributed by atoms with Gasteiger partial charge in [-0.3, -0.25) is 4.79 Å². The second-order valence-electron chi connectivity index (χ2n) is 8.29. The molecule has 170 valence electrons. The molecule has 1 N–H and O–H groups in total. The van der Waals surface area contributed by atoms with Gasteiger partial charge in [0.15, 0.2) is 5.65 Å². The van der Waals surface area contributed by atoms with Gasteiger partial charge in [0.25, 0.3) is 5.82 Å². The van der Waals surface area contributed by atoms with E-state index in [0.717, 1.165) is 24.1 Å². The van der Waals surface area contributed by atoms with E-state index in [9.17, 15) is 18.0 Å². The topological polar surface area (TPSA) is 78.7 Å². The lowest BCUT2D eigenvalue weighted by atomic mass is 9.96. The largest absolute Gasteiger partial charge is 0.453 e. The molecule has 0 saturated carbocycles. The number of hydrogen-bond donors (Lipinski definition) is 1. The highest BCUT2D eigenvalue weighted by molar-refractivity contribution is 5.79. The van der Waals surface area contributed by atoms with Crippen LogP contribution in [0.4, 0.5) is 19.0 Å². The average molecular weight is 439 g/mol. The Balaban J connectivity index is 1.28. The second kappa shape index (κ2) is 9.37. The van der Waals surface area contributed by atoms with E-state index in [1.807, 2.05) is 4.90 Å². The van der Waals surface area contributed by atoms with Gasteiger partial charge in [-0.15, -0.1) is 15.3 Å². The first-order valence-electron chi connectivity index (χ1n) is 11.0. The monoisotopic (exact) mass is 439 g/mol. The van der Waals surface area contributed by atoms with E-state index in [-0.39, 0.29) is 17.5 Å². The van der Waals surface area contributed by atoms with Crippen molar-refractivity contribution in [1.29, 1.82) is 0 Å². The van der Waals surface area contributed by atoms with E-state index >= 15 is 0 Å². The molecular weight excluding hydrogens is 411 g/mol. The number of aromatic nitrogens is 4. The summed E-state index contributed by atoms with van der Waals surface area (Å²) >= 11 is 0. The molecule has 0 unspecified atom stereocenters. The number of hydrogen-bond acceptors (Lipinski definition) is 6. The molecule has 0 radical (unpaired) electrons. The first-order chi connectivity index (χ1) is 14.9. The van der Waals surface area contributed by atoms with Crippen LogP contribution in [0.1, 0.15) is 44.3 Å². The van der Waals surface area contributed by atoms with Crippen molar-refractivity contribution in [1.82, 2.24) is 30.0 Å². The van der Waals surface area contributed by atoms with Gasteiger partial charge in [0.2, 0.25) is 5.91 Å². The van der Waals surface area contributed by atoms with E-state index in [0.29, 0.717) is 38.3 Å². The minimum Gasteiger partial charge on any atom is -0.355 e. The minimum atomic E-state index is -4.62. The van der Waals surface area contributed by atoms with Gasteiger partial charge < -0.3 is 15.1 Å². The SMILES string of the molecule is O=C(NCCN1CCCCCC1)C1CCN(c2ccc3nnc(C(F)(F)F)n3n2)CC1. The molecule has 31 heavy (non-hydrogen) atoms. The van der Waals surface area contributed by atoms with Crippen molar-refractivity contribution in [2.24, 2.45) is 5.92 Å². The van der Waals surface area contributed by atoms with Crippen LogP contribution in [0, 0.1) is 5.92 Å². The van der Waals surface area contributed by atoms with Gasteiger partial charge in [-0.2, -0.15) is 17.7 Å². The standard InChI is InChI=1S/C20H28F3N7O/c21-20(22,23)19-26-25-16-5-6-17(27-30(16)19)29-12-7-15(8-13-29)18(31)24-9-14-28-10-3-1-2-4-11-28/h5-6,15H,1-4,7-14H2,(H,24,31). The van der Waals surface area contributed by atoms with Crippen LogP contribution >= 0.6 is 0 Å². The predicted molar refractivity (Wildman–Crippen MR) is 109 cm³/mol. The first-order valence-corrected chi connectivity index (χ1v) is 11.0.